The number of ether oxygens (including phenoxy) is 2. The number of methoxy groups -OCH3 is 1. The molecule has 0 aliphatic heterocycles. The molecule has 25 heavy (non-hydrogen) atoms. The van der Waals surface area contributed by atoms with Crippen molar-refractivity contribution in [1.29, 1.82) is 0 Å². The van der Waals surface area contributed by atoms with Gasteiger partial charge in [-0.15, -0.1) is 24.0 Å². The summed E-state index contributed by atoms with van der Waals surface area (Å²) in [6.07, 6.45) is 0.114. The van der Waals surface area contributed by atoms with Crippen LogP contribution in [0.2, 0.25) is 0 Å². The van der Waals surface area contributed by atoms with Crippen molar-refractivity contribution in [2.24, 2.45) is 10.4 Å². The number of guanidine groups is 1. The van der Waals surface area contributed by atoms with Crippen molar-refractivity contribution in [2.45, 2.75) is 47.3 Å². The predicted molar refractivity (Wildman–Crippen MR) is 116 cm³/mol. The molecule has 0 saturated carbocycles. The first-order valence-electron chi connectivity index (χ1n) is 8.67. The third-order valence-electron chi connectivity index (χ3n) is 3.68. The van der Waals surface area contributed by atoms with Crippen LogP contribution in [0.1, 0.15) is 40.2 Å². The normalized spacial score (nSPS) is 13.0. The van der Waals surface area contributed by atoms with Gasteiger partial charge in [0.05, 0.1) is 19.3 Å². The number of nitrogens with one attached hydrogen (secondary N) is 2. The van der Waals surface area contributed by atoms with E-state index in [-0.39, 0.29) is 35.5 Å². The molecule has 5 nitrogen and oxygen atoms in total. The Hall–Kier alpha value is -1.02. The fourth-order valence-electron chi connectivity index (χ4n) is 2.34. The van der Waals surface area contributed by atoms with Crippen LogP contribution in [-0.2, 0) is 11.3 Å². The van der Waals surface area contributed by atoms with E-state index in [0.717, 1.165) is 23.8 Å². The minimum absolute atomic E-state index is 0. The van der Waals surface area contributed by atoms with Crippen molar-refractivity contribution in [3.8, 4) is 5.75 Å². The molecule has 0 heterocycles. The highest BCUT2D eigenvalue weighted by atomic mass is 127. The van der Waals surface area contributed by atoms with Crippen LogP contribution in [-0.4, -0.2) is 38.9 Å². The smallest absolute Gasteiger partial charge is 0.191 e. The topological polar surface area (TPSA) is 54.9 Å². The van der Waals surface area contributed by atoms with Gasteiger partial charge < -0.3 is 20.1 Å². The third-order valence-corrected chi connectivity index (χ3v) is 3.68. The molecule has 1 aromatic carbocycles. The third kappa shape index (κ3) is 9.30. The second kappa shape index (κ2) is 12.4. The average molecular weight is 463 g/mol. The first-order chi connectivity index (χ1) is 11.4. The van der Waals surface area contributed by atoms with Gasteiger partial charge in [-0.05, 0) is 37.0 Å². The highest BCUT2D eigenvalue weighted by Gasteiger charge is 2.24. The Labute approximate surface area is 170 Å². The van der Waals surface area contributed by atoms with Crippen molar-refractivity contribution >= 4 is 29.9 Å². The summed E-state index contributed by atoms with van der Waals surface area (Å²) in [5.41, 5.74) is 1.20. The van der Waals surface area contributed by atoms with Gasteiger partial charge in [-0.1, -0.05) is 32.9 Å². The van der Waals surface area contributed by atoms with E-state index in [2.05, 4.69) is 49.4 Å². The SMILES string of the molecule is CCNC(=NCc1cccc(OCC)c1)NCC(OC)C(C)(C)C.I. The number of rotatable bonds is 8. The van der Waals surface area contributed by atoms with E-state index in [1.807, 2.05) is 25.1 Å². The number of hydrogen-bond donors (Lipinski definition) is 2. The summed E-state index contributed by atoms with van der Waals surface area (Å²) in [5, 5.41) is 6.65. The maximum atomic E-state index is 5.59. The summed E-state index contributed by atoms with van der Waals surface area (Å²) in [6, 6.07) is 8.05. The van der Waals surface area contributed by atoms with Crippen LogP contribution in [0.5, 0.6) is 5.75 Å². The van der Waals surface area contributed by atoms with Gasteiger partial charge in [0, 0.05) is 20.2 Å². The second-order valence-corrected chi connectivity index (χ2v) is 6.75. The lowest BCUT2D eigenvalue weighted by molar-refractivity contribution is 0.0205. The zero-order valence-electron chi connectivity index (χ0n) is 16.4. The minimum atomic E-state index is 0. The van der Waals surface area contributed by atoms with E-state index >= 15 is 0 Å². The van der Waals surface area contributed by atoms with Crippen LogP contribution in [0.4, 0.5) is 0 Å². The fourth-order valence-corrected chi connectivity index (χ4v) is 2.34. The Kier molecular flexibility index (Phi) is 11.8. The number of nitrogens with zero attached hydrogens (tertiary/aromatic N) is 1. The quantitative estimate of drug-likeness (QED) is 0.350. The Balaban J connectivity index is 0.00000576. The van der Waals surface area contributed by atoms with E-state index in [9.17, 15) is 0 Å². The van der Waals surface area contributed by atoms with Gasteiger partial charge >= 0.3 is 0 Å². The summed E-state index contributed by atoms with van der Waals surface area (Å²) in [4.78, 5) is 4.66. The molecule has 1 unspecified atom stereocenters. The first kappa shape index (κ1) is 24.0. The Morgan fingerprint density at radius 1 is 1.20 bits per heavy atom. The molecule has 1 aromatic rings. The Bertz CT molecular complexity index is 516. The van der Waals surface area contributed by atoms with Crippen molar-refractivity contribution in [3.63, 3.8) is 0 Å². The van der Waals surface area contributed by atoms with Crippen molar-refractivity contribution in [3.05, 3.63) is 29.8 Å². The number of hydrogen-bond acceptors (Lipinski definition) is 3. The highest BCUT2D eigenvalue weighted by Crippen LogP contribution is 2.21. The lowest BCUT2D eigenvalue weighted by Crippen LogP contribution is -2.45. The molecule has 0 amide bonds. The molecule has 2 N–H and O–H groups in total. The van der Waals surface area contributed by atoms with Gasteiger partial charge in [-0.2, -0.15) is 0 Å². The van der Waals surface area contributed by atoms with Crippen molar-refractivity contribution < 1.29 is 9.47 Å². The van der Waals surface area contributed by atoms with Crippen LogP contribution in [0, 0.1) is 5.41 Å². The fraction of sp³-hybridized carbons (Fsp3) is 0.632. The molecule has 0 aliphatic rings. The molecule has 0 spiro atoms. The maximum absolute atomic E-state index is 5.59. The zero-order chi connectivity index (χ0) is 18.0. The van der Waals surface area contributed by atoms with Gasteiger partial charge in [0.1, 0.15) is 5.75 Å². The van der Waals surface area contributed by atoms with Crippen molar-refractivity contribution in [2.75, 3.05) is 26.8 Å². The molecule has 0 saturated heterocycles. The largest absolute Gasteiger partial charge is 0.494 e. The number of benzene rings is 1. The van der Waals surface area contributed by atoms with Gasteiger partial charge in [0.2, 0.25) is 0 Å². The molecule has 0 fully saturated rings. The predicted octanol–water partition coefficient (Wildman–Crippen LogP) is 3.82. The molecule has 0 aliphatic carbocycles. The summed E-state index contributed by atoms with van der Waals surface area (Å²) in [6.45, 7) is 13.4. The standard InChI is InChI=1S/C19H33N3O2.HI/c1-7-20-18(22-14-17(23-6)19(3,4)5)21-13-15-10-9-11-16(12-15)24-8-2;/h9-12,17H,7-8,13-14H2,1-6H3,(H2,20,21,22);1H. The molecular weight excluding hydrogens is 429 g/mol. The minimum Gasteiger partial charge on any atom is -0.494 e. The van der Waals surface area contributed by atoms with Crippen LogP contribution in [0.15, 0.2) is 29.3 Å². The second-order valence-electron chi connectivity index (χ2n) is 6.75. The van der Waals surface area contributed by atoms with Crippen LogP contribution < -0.4 is 15.4 Å². The van der Waals surface area contributed by atoms with Crippen LogP contribution >= 0.6 is 24.0 Å². The molecule has 144 valence electrons. The Morgan fingerprint density at radius 2 is 1.92 bits per heavy atom. The maximum Gasteiger partial charge on any atom is 0.191 e. The summed E-state index contributed by atoms with van der Waals surface area (Å²) >= 11 is 0. The summed E-state index contributed by atoms with van der Waals surface area (Å²) < 4.78 is 11.1. The monoisotopic (exact) mass is 463 g/mol. The molecule has 0 aromatic heterocycles. The van der Waals surface area contributed by atoms with Crippen LogP contribution in [0.25, 0.3) is 0 Å². The zero-order valence-corrected chi connectivity index (χ0v) is 18.7. The number of halogens is 1. The molecular formula is C19H34IN3O2. The van der Waals surface area contributed by atoms with Gasteiger partial charge in [0.15, 0.2) is 5.96 Å². The van der Waals surface area contributed by atoms with Gasteiger partial charge in [0.25, 0.3) is 0 Å². The van der Waals surface area contributed by atoms with Crippen LogP contribution in [0.3, 0.4) is 0 Å². The van der Waals surface area contributed by atoms with Gasteiger partial charge in [-0.25, -0.2) is 4.99 Å². The average Bonchev–Trinajstić information content (AvgIpc) is 2.52. The molecule has 6 heteroatoms. The molecule has 0 bridgehead atoms. The van der Waals surface area contributed by atoms with E-state index in [1.165, 1.54) is 0 Å². The summed E-state index contributed by atoms with van der Waals surface area (Å²) in [5.74, 6) is 1.68. The lowest BCUT2D eigenvalue weighted by atomic mass is 9.89. The molecule has 0 radical (unpaired) electrons. The Morgan fingerprint density at radius 3 is 2.48 bits per heavy atom. The molecule has 1 rings (SSSR count). The van der Waals surface area contributed by atoms with E-state index in [4.69, 9.17) is 9.47 Å². The number of aliphatic imine (C=N–C) groups is 1. The van der Waals surface area contributed by atoms with E-state index in [1.54, 1.807) is 7.11 Å². The lowest BCUT2D eigenvalue weighted by Gasteiger charge is -2.30. The van der Waals surface area contributed by atoms with Crippen molar-refractivity contribution in [1.82, 2.24) is 10.6 Å². The highest BCUT2D eigenvalue weighted by molar-refractivity contribution is 14.0. The first-order valence-corrected chi connectivity index (χ1v) is 8.67. The van der Waals surface area contributed by atoms with E-state index < -0.39 is 0 Å². The van der Waals surface area contributed by atoms with E-state index in [0.29, 0.717) is 19.7 Å². The van der Waals surface area contributed by atoms with Gasteiger partial charge in [-0.3, -0.25) is 0 Å². The molecule has 1 atom stereocenters. The summed E-state index contributed by atoms with van der Waals surface area (Å²) in [7, 11) is 1.75.